The average Bonchev–Trinajstić information content (AvgIpc) is 3.11. The van der Waals surface area contributed by atoms with E-state index in [1.54, 1.807) is 38.5 Å². The highest BCUT2D eigenvalue weighted by atomic mass is 19.1. The molecule has 1 aliphatic carbocycles. The molecule has 1 amide bonds. The van der Waals surface area contributed by atoms with Gasteiger partial charge in [0.05, 0.1) is 33.1 Å². The van der Waals surface area contributed by atoms with Crippen LogP contribution in [0.3, 0.4) is 0 Å². The van der Waals surface area contributed by atoms with E-state index >= 15 is 0 Å². The summed E-state index contributed by atoms with van der Waals surface area (Å²) in [4.78, 5) is 25.3. The molecule has 0 saturated heterocycles. The van der Waals surface area contributed by atoms with Gasteiger partial charge in [0.1, 0.15) is 5.82 Å². The third-order valence-corrected chi connectivity index (χ3v) is 6.34. The van der Waals surface area contributed by atoms with Crippen LogP contribution < -0.4 is 30.3 Å². The zero-order valence-corrected chi connectivity index (χ0v) is 20.7. The summed E-state index contributed by atoms with van der Waals surface area (Å²) in [6.45, 7) is 1.60. The van der Waals surface area contributed by atoms with Crippen LogP contribution in [0.4, 0.5) is 10.1 Å². The lowest BCUT2D eigenvalue weighted by molar-refractivity contribution is -0.119. The molecule has 36 heavy (non-hydrogen) atoms. The summed E-state index contributed by atoms with van der Waals surface area (Å²) in [7, 11) is 4.65. The van der Waals surface area contributed by atoms with Crippen molar-refractivity contribution in [3.63, 3.8) is 0 Å². The van der Waals surface area contributed by atoms with E-state index in [1.165, 1.54) is 26.2 Å². The molecule has 0 aromatic heterocycles. The van der Waals surface area contributed by atoms with Gasteiger partial charge in [-0.15, -0.1) is 0 Å². The van der Waals surface area contributed by atoms with E-state index in [4.69, 9.17) is 14.2 Å². The molecule has 0 heterocycles. The van der Waals surface area contributed by atoms with Gasteiger partial charge < -0.3 is 24.8 Å². The Balaban J connectivity index is 1.91. The fraction of sp³-hybridized carbons (Fsp3) is 0.286. The zero-order chi connectivity index (χ0) is 25.8. The van der Waals surface area contributed by atoms with Gasteiger partial charge in [0.15, 0.2) is 11.5 Å². The molecule has 0 radical (unpaired) electrons. The van der Waals surface area contributed by atoms with E-state index in [1.807, 2.05) is 12.1 Å². The van der Waals surface area contributed by atoms with Gasteiger partial charge in [0.25, 0.3) is 0 Å². The molecule has 0 spiro atoms. The number of amides is 1. The van der Waals surface area contributed by atoms with Crippen molar-refractivity contribution in [2.24, 2.45) is 0 Å². The first-order valence-electron chi connectivity index (χ1n) is 11.6. The van der Waals surface area contributed by atoms with Crippen molar-refractivity contribution in [2.45, 2.75) is 32.4 Å². The number of methoxy groups -OCH3 is 3. The smallest absolute Gasteiger partial charge is 0.217 e. The molecule has 0 aliphatic heterocycles. The van der Waals surface area contributed by atoms with Gasteiger partial charge in [0.2, 0.25) is 17.1 Å². The largest absolute Gasteiger partial charge is 0.493 e. The Hall–Kier alpha value is -4.07. The molecular formula is C28H29FN2O5. The molecule has 7 nitrogen and oxygen atoms in total. The predicted molar refractivity (Wildman–Crippen MR) is 136 cm³/mol. The second kappa shape index (κ2) is 10.7. The summed E-state index contributed by atoms with van der Waals surface area (Å²) in [6, 6.07) is 13.0. The second-order valence-electron chi connectivity index (χ2n) is 8.54. The Kier molecular flexibility index (Phi) is 7.43. The number of benzene rings is 2. The molecule has 4 rings (SSSR count). The molecule has 1 atom stereocenters. The van der Waals surface area contributed by atoms with Crippen LogP contribution in [0.15, 0.2) is 53.3 Å². The molecule has 3 aromatic rings. The minimum absolute atomic E-state index is 0.149. The first kappa shape index (κ1) is 25.0. The lowest BCUT2D eigenvalue weighted by atomic mass is 9.95. The third-order valence-electron chi connectivity index (χ3n) is 6.34. The van der Waals surface area contributed by atoms with Crippen LogP contribution in [0.25, 0.3) is 11.1 Å². The molecule has 8 heteroatoms. The first-order chi connectivity index (χ1) is 17.4. The van der Waals surface area contributed by atoms with Crippen LogP contribution in [0.1, 0.15) is 36.1 Å². The van der Waals surface area contributed by atoms with Gasteiger partial charge in [-0.2, -0.15) is 0 Å². The van der Waals surface area contributed by atoms with Crippen LogP contribution in [0.5, 0.6) is 17.2 Å². The molecule has 3 aromatic carbocycles. The van der Waals surface area contributed by atoms with Gasteiger partial charge in [-0.1, -0.05) is 24.3 Å². The van der Waals surface area contributed by atoms with E-state index in [2.05, 4.69) is 10.6 Å². The number of halogens is 1. The minimum atomic E-state index is -0.397. The number of aryl methyl sites for hydroxylation is 1. The van der Waals surface area contributed by atoms with E-state index in [-0.39, 0.29) is 23.7 Å². The van der Waals surface area contributed by atoms with Gasteiger partial charge >= 0.3 is 0 Å². The fourth-order valence-corrected chi connectivity index (χ4v) is 4.69. The van der Waals surface area contributed by atoms with Crippen molar-refractivity contribution in [1.29, 1.82) is 0 Å². The molecule has 188 valence electrons. The summed E-state index contributed by atoms with van der Waals surface area (Å²) in [5.41, 5.74) is 3.60. The van der Waals surface area contributed by atoms with Crippen LogP contribution in [-0.4, -0.2) is 27.2 Å². The molecule has 0 saturated carbocycles. The van der Waals surface area contributed by atoms with Crippen LogP contribution in [0, 0.1) is 5.82 Å². The number of carbonyl (C=O) groups is 1. The number of ether oxygens (including phenoxy) is 3. The van der Waals surface area contributed by atoms with Gasteiger partial charge in [-0.25, -0.2) is 4.39 Å². The SMILES string of the molecule is COc1cc2c(c(OC)c1OC)-c1ccc(NCc3ccccc3F)c(=O)cc1C(NC(C)=O)CC2. The number of nitrogens with one attached hydrogen (secondary N) is 2. The van der Waals surface area contributed by atoms with E-state index in [0.717, 1.165) is 16.7 Å². The molecule has 0 fully saturated rings. The number of anilines is 1. The van der Waals surface area contributed by atoms with E-state index < -0.39 is 6.04 Å². The van der Waals surface area contributed by atoms with E-state index in [9.17, 15) is 14.0 Å². The number of rotatable bonds is 7. The van der Waals surface area contributed by atoms with Gasteiger partial charge in [-0.05, 0) is 53.8 Å². The highest BCUT2D eigenvalue weighted by Crippen LogP contribution is 2.50. The Morgan fingerprint density at radius 2 is 1.78 bits per heavy atom. The Morgan fingerprint density at radius 3 is 2.44 bits per heavy atom. The van der Waals surface area contributed by atoms with Crippen LogP contribution in [0.2, 0.25) is 0 Å². The lowest BCUT2D eigenvalue weighted by Gasteiger charge is -2.19. The van der Waals surface area contributed by atoms with Gasteiger partial charge in [-0.3, -0.25) is 9.59 Å². The van der Waals surface area contributed by atoms with Gasteiger partial charge in [0, 0.05) is 24.6 Å². The number of fused-ring (bicyclic) bond motifs is 3. The zero-order valence-electron chi connectivity index (χ0n) is 20.7. The maximum Gasteiger partial charge on any atom is 0.217 e. The monoisotopic (exact) mass is 492 g/mol. The fourth-order valence-electron chi connectivity index (χ4n) is 4.69. The van der Waals surface area contributed by atoms with E-state index in [0.29, 0.717) is 46.9 Å². The topological polar surface area (TPSA) is 85.9 Å². The quantitative estimate of drug-likeness (QED) is 0.501. The maximum absolute atomic E-state index is 14.1. The lowest BCUT2D eigenvalue weighted by Crippen LogP contribution is -2.26. The third kappa shape index (κ3) is 4.84. The molecule has 1 unspecified atom stereocenters. The number of carbonyl (C=O) groups excluding carboxylic acids is 1. The second-order valence-corrected chi connectivity index (χ2v) is 8.54. The summed E-state index contributed by atoms with van der Waals surface area (Å²) < 4.78 is 31.1. The highest BCUT2D eigenvalue weighted by Gasteiger charge is 2.29. The van der Waals surface area contributed by atoms with Crippen molar-refractivity contribution in [3.8, 4) is 28.4 Å². The Bertz CT molecular complexity index is 1360. The van der Waals surface area contributed by atoms with Crippen LogP contribution in [-0.2, 0) is 17.8 Å². The summed E-state index contributed by atoms with van der Waals surface area (Å²) in [5.74, 6) is 0.907. The van der Waals surface area contributed by atoms with Crippen molar-refractivity contribution in [1.82, 2.24) is 5.32 Å². The van der Waals surface area contributed by atoms with Crippen molar-refractivity contribution >= 4 is 11.6 Å². The molecule has 2 N–H and O–H groups in total. The molecule has 0 bridgehead atoms. The standard InChI is InChI=1S/C28H29FN2O5/c1-16(32)31-22-11-9-17-13-25(34-2)27(35-3)28(36-4)26(17)19-10-12-23(24(33)14-20(19)22)30-15-18-7-5-6-8-21(18)29/h5-8,10,12-14,22H,9,11,15H2,1-4H3,(H,30,33)(H,31,32). The molecule has 1 aliphatic rings. The molecular weight excluding hydrogens is 463 g/mol. The normalized spacial score (nSPS) is 14.1. The van der Waals surface area contributed by atoms with Crippen molar-refractivity contribution in [2.75, 3.05) is 26.6 Å². The minimum Gasteiger partial charge on any atom is -0.493 e. The Labute approximate surface area is 209 Å². The summed E-state index contributed by atoms with van der Waals surface area (Å²) in [5, 5.41) is 6.04. The predicted octanol–water partition coefficient (Wildman–Crippen LogP) is 4.61. The number of hydrogen-bond acceptors (Lipinski definition) is 6. The highest BCUT2D eigenvalue weighted by molar-refractivity contribution is 5.83. The first-order valence-corrected chi connectivity index (χ1v) is 11.6. The van der Waals surface area contributed by atoms with Crippen LogP contribution >= 0.6 is 0 Å². The summed E-state index contributed by atoms with van der Waals surface area (Å²) in [6.07, 6.45) is 1.18. The summed E-state index contributed by atoms with van der Waals surface area (Å²) >= 11 is 0. The maximum atomic E-state index is 14.1. The average molecular weight is 493 g/mol. The Morgan fingerprint density at radius 1 is 1.03 bits per heavy atom. The van der Waals surface area contributed by atoms with Crippen molar-refractivity contribution < 1.29 is 23.4 Å². The van der Waals surface area contributed by atoms with Crippen molar-refractivity contribution in [3.05, 3.63) is 81.3 Å². The number of hydrogen-bond donors (Lipinski definition) is 2.